The molecule has 0 aliphatic heterocycles. The van der Waals surface area contributed by atoms with Crippen LogP contribution in [0, 0.1) is 0 Å². The average Bonchev–Trinajstić information content (AvgIpc) is 2.49. The number of hydrogen-bond acceptors (Lipinski definition) is 2. The Bertz CT molecular complexity index is 346. The molecule has 1 aromatic heterocycles. The van der Waals surface area contributed by atoms with Crippen LogP contribution in [-0.2, 0) is 0 Å². The van der Waals surface area contributed by atoms with Gasteiger partial charge >= 0.3 is 0 Å². The highest BCUT2D eigenvalue weighted by Gasteiger charge is 2.31. The first-order chi connectivity index (χ1) is 5.84. The molecule has 3 heteroatoms. The number of aliphatic imine (C=N–C) groups is 1. The summed E-state index contributed by atoms with van der Waals surface area (Å²) < 4.78 is 0. The number of fused-ring (bicyclic) bond motifs is 1. The third-order valence-electron chi connectivity index (χ3n) is 2.16. The summed E-state index contributed by atoms with van der Waals surface area (Å²) >= 11 is 0. The summed E-state index contributed by atoms with van der Waals surface area (Å²) in [5.74, 6) is 0.440. The summed E-state index contributed by atoms with van der Waals surface area (Å²) in [6, 6.07) is 0. The number of hydrogen-bond donors (Lipinski definition) is 1. The Labute approximate surface area is 71.2 Å². The van der Waals surface area contributed by atoms with Crippen molar-refractivity contribution in [1.29, 1.82) is 0 Å². The van der Waals surface area contributed by atoms with Crippen molar-refractivity contribution in [3.8, 4) is 0 Å². The number of allylic oxidation sites excluding steroid dienone is 1. The molecule has 2 rings (SSSR count). The monoisotopic (exact) mass is 161 g/mol. The number of nitrogens with zero attached hydrogens (tertiary/aromatic N) is 2. The average molecular weight is 161 g/mol. The summed E-state index contributed by atoms with van der Waals surface area (Å²) in [7, 11) is 0. The maximum atomic E-state index is 4.31. The van der Waals surface area contributed by atoms with E-state index in [9.17, 15) is 0 Å². The molecule has 3 nitrogen and oxygen atoms in total. The van der Waals surface area contributed by atoms with Crippen molar-refractivity contribution < 1.29 is 0 Å². The van der Waals surface area contributed by atoms with Crippen LogP contribution in [0.25, 0.3) is 0 Å². The van der Waals surface area contributed by atoms with Crippen LogP contribution in [0.2, 0.25) is 0 Å². The van der Waals surface area contributed by atoms with E-state index < -0.39 is 0 Å². The first-order valence-electron chi connectivity index (χ1n) is 4.07. The maximum Gasteiger partial charge on any atom is 0.0837 e. The lowest BCUT2D eigenvalue weighted by Crippen LogP contribution is -2.23. The number of nitrogens with one attached hydrogen (secondary N) is 1. The smallest absolute Gasteiger partial charge is 0.0837 e. The highest BCUT2D eigenvalue weighted by Crippen LogP contribution is 2.33. The van der Waals surface area contributed by atoms with Crippen molar-refractivity contribution in [3.63, 3.8) is 0 Å². The minimum absolute atomic E-state index is 0.440. The van der Waals surface area contributed by atoms with E-state index in [1.165, 1.54) is 5.56 Å². The van der Waals surface area contributed by atoms with Gasteiger partial charge in [0, 0.05) is 17.7 Å². The van der Waals surface area contributed by atoms with Crippen molar-refractivity contribution in [2.45, 2.75) is 19.8 Å². The van der Waals surface area contributed by atoms with Gasteiger partial charge in [0.05, 0.1) is 17.6 Å². The van der Waals surface area contributed by atoms with Crippen molar-refractivity contribution in [1.82, 2.24) is 10.2 Å². The molecule has 62 valence electrons. The molecule has 0 spiro atoms. The van der Waals surface area contributed by atoms with Crippen LogP contribution in [0.1, 0.15) is 31.0 Å². The molecule has 0 bridgehead atoms. The highest BCUT2D eigenvalue weighted by molar-refractivity contribution is 6.12. The molecule has 12 heavy (non-hydrogen) atoms. The van der Waals surface area contributed by atoms with E-state index in [1.807, 2.05) is 25.4 Å². The maximum absolute atomic E-state index is 4.31. The van der Waals surface area contributed by atoms with Gasteiger partial charge in [0.25, 0.3) is 0 Å². The second-order valence-corrected chi connectivity index (χ2v) is 2.92. The van der Waals surface area contributed by atoms with E-state index >= 15 is 0 Å². The minimum Gasteiger partial charge on any atom is -0.276 e. The number of aromatic nitrogens is 2. The van der Waals surface area contributed by atoms with Crippen molar-refractivity contribution in [2.24, 2.45) is 4.99 Å². The molecule has 1 unspecified atom stereocenters. The molecular weight excluding hydrogens is 150 g/mol. The fourth-order valence-corrected chi connectivity index (χ4v) is 1.45. The zero-order valence-electron chi connectivity index (χ0n) is 7.20. The molecule has 0 amide bonds. The van der Waals surface area contributed by atoms with Gasteiger partial charge in [-0.05, 0) is 6.92 Å². The SMILES string of the molecule is C/C=C\N=C1\c2[nH]ncc2C1C. The van der Waals surface area contributed by atoms with E-state index in [-0.39, 0.29) is 0 Å². The molecule has 1 atom stereocenters. The third kappa shape index (κ3) is 0.826. The van der Waals surface area contributed by atoms with E-state index in [0.29, 0.717) is 5.92 Å². The van der Waals surface area contributed by atoms with E-state index in [2.05, 4.69) is 22.1 Å². The second kappa shape index (κ2) is 2.59. The van der Waals surface area contributed by atoms with Crippen LogP contribution >= 0.6 is 0 Å². The number of rotatable bonds is 1. The summed E-state index contributed by atoms with van der Waals surface area (Å²) in [6.07, 6.45) is 5.61. The van der Waals surface area contributed by atoms with Gasteiger partial charge in [-0.25, -0.2) is 0 Å². The molecule has 0 radical (unpaired) electrons. The largest absolute Gasteiger partial charge is 0.276 e. The van der Waals surface area contributed by atoms with Gasteiger partial charge in [0.15, 0.2) is 0 Å². The van der Waals surface area contributed by atoms with Crippen LogP contribution in [0.4, 0.5) is 0 Å². The fraction of sp³-hybridized carbons (Fsp3) is 0.333. The Kier molecular flexibility index (Phi) is 1.57. The van der Waals surface area contributed by atoms with Crippen LogP contribution in [0.15, 0.2) is 23.5 Å². The first kappa shape index (κ1) is 7.28. The van der Waals surface area contributed by atoms with Gasteiger partial charge in [-0.2, -0.15) is 5.10 Å². The van der Waals surface area contributed by atoms with Gasteiger partial charge in [-0.3, -0.25) is 10.1 Å². The van der Waals surface area contributed by atoms with E-state index in [0.717, 1.165) is 11.4 Å². The standard InChI is InChI=1S/C9H11N3/c1-3-4-10-8-6(2)7-5-11-12-9(7)8/h3-6H,1-2H3,(H,11,12)/b4-3-,10-8+. The van der Waals surface area contributed by atoms with Gasteiger partial charge in [-0.15, -0.1) is 0 Å². The van der Waals surface area contributed by atoms with Gasteiger partial charge in [0.1, 0.15) is 0 Å². The summed E-state index contributed by atoms with van der Waals surface area (Å²) in [4.78, 5) is 4.31. The van der Waals surface area contributed by atoms with E-state index in [1.54, 1.807) is 0 Å². The van der Waals surface area contributed by atoms with Crippen molar-refractivity contribution in [2.75, 3.05) is 0 Å². The lowest BCUT2D eigenvalue weighted by atomic mass is 9.82. The highest BCUT2D eigenvalue weighted by atomic mass is 15.1. The van der Waals surface area contributed by atoms with E-state index in [4.69, 9.17) is 0 Å². The Morgan fingerprint density at radius 1 is 1.67 bits per heavy atom. The zero-order chi connectivity index (χ0) is 8.55. The summed E-state index contributed by atoms with van der Waals surface area (Å²) in [5.41, 5.74) is 3.49. The van der Waals surface area contributed by atoms with Gasteiger partial charge < -0.3 is 0 Å². The zero-order valence-corrected chi connectivity index (χ0v) is 7.20. The Morgan fingerprint density at radius 3 is 3.25 bits per heavy atom. The quantitative estimate of drug-likeness (QED) is 0.671. The molecule has 1 aliphatic rings. The molecule has 0 fully saturated rings. The molecule has 1 N–H and O–H groups in total. The Morgan fingerprint density at radius 2 is 2.50 bits per heavy atom. The fourth-order valence-electron chi connectivity index (χ4n) is 1.45. The lowest BCUT2D eigenvalue weighted by Gasteiger charge is -2.23. The third-order valence-corrected chi connectivity index (χ3v) is 2.16. The summed E-state index contributed by atoms with van der Waals surface area (Å²) in [5, 5.41) is 6.89. The summed E-state index contributed by atoms with van der Waals surface area (Å²) in [6.45, 7) is 4.10. The molecule has 1 aliphatic carbocycles. The molecule has 0 saturated carbocycles. The number of H-pyrrole nitrogens is 1. The van der Waals surface area contributed by atoms with Crippen LogP contribution in [-0.4, -0.2) is 15.9 Å². The molecule has 0 saturated heterocycles. The minimum atomic E-state index is 0.440. The van der Waals surface area contributed by atoms with Crippen LogP contribution in [0.3, 0.4) is 0 Å². The molecular formula is C9H11N3. The lowest BCUT2D eigenvalue weighted by molar-refractivity contribution is 0.941. The Balaban J connectivity index is 2.35. The van der Waals surface area contributed by atoms with Gasteiger partial charge in [0.2, 0.25) is 0 Å². The molecule has 0 aromatic carbocycles. The molecule has 1 heterocycles. The first-order valence-corrected chi connectivity index (χ1v) is 4.07. The predicted octanol–water partition coefficient (Wildman–Crippen LogP) is 1.85. The van der Waals surface area contributed by atoms with Crippen molar-refractivity contribution >= 4 is 5.71 Å². The normalized spacial score (nSPS) is 24.5. The number of aromatic amines is 1. The van der Waals surface area contributed by atoms with Crippen LogP contribution < -0.4 is 0 Å². The van der Waals surface area contributed by atoms with Gasteiger partial charge in [-0.1, -0.05) is 13.0 Å². The predicted molar refractivity (Wildman–Crippen MR) is 48.4 cm³/mol. The second-order valence-electron chi connectivity index (χ2n) is 2.92. The topological polar surface area (TPSA) is 41.0 Å². The van der Waals surface area contributed by atoms with Crippen LogP contribution in [0.5, 0.6) is 0 Å². The Hall–Kier alpha value is -1.38. The van der Waals surface area contributed by atoms with Crippen molar-refractivity contribution in [3.05, 3.63) is 29.7 Å². The molecule has 1 aromatic rings.